The molecular formula is C10H15ClNO3P. The van der Waals surface area contributed by atoms with Crippen molar-refractivity contribution in [3.05, 3.63) is 23.2 Å². The topological polar surface area (TPSA) is 61.5 Å². The Balaban J connectivity index is 3.21. The number of para-hydroxylation sites is 1. The Hall–Kier alpha value is -0.540. The molecule has 1 aromatic carbocycles. The lowest BCUT2D eigenvalue weighted by Crippen LogP contribution is -2.15. The van der Waals surface area contributed by atoms with Crippen molar-refractivity contribution in [3.8, 4) is 0 Å². The fourth-order valence-corrected chi connectivity index (χ4v) is 3.24. The zero-order chi connectivity index (χ0) is 12.2. The minimum Gasteiger partial charge on any atom is -0.397 e. The quantitative estimate of drug-likeness (QED) is 0.655. The maximum Gasteiger partial charge on any atom is 0.363 e. The Morgan fingerprint density at radius 1 is 1.31 bits per heavy atom. The van der Waals surface area contributed by atoms with E-state index >= 15 is 0 Å². The second-order valence-electron chi connectivity index (χ2n) is 3.01. The van der Waals surface area contributed by atoms with Crippen LogP contribution in [0.15, 0.2) is 18.2 Å². The minimum absolute atomic E-state index is 0.245. The Labute approximate surface area is 100 Å². The normalized spacial score (nSPS) is 11.7. The number of hydrogen-bond donors (Lipinski definition) is 1. The zero-order valence-corrected chi connectivity index (χ0v) is 10.9. The van der Waals surface area contributed by atoms with Crippen LogP contribution in [-0.4, -0.2) is 13.2 Å². The van der Waals surface area contributed by atoms with Crippen molar-refractivity contribution in [1.82, 2.24) is 0 Å². The molecule has 4 nitrogen and oxygen atoms in total. The maximum atomic E-state index is 12.4. The molecule has 0 bridgehead atoms. The molecule has 0 aromatic heterocycles. The molecule has 0 heterocycles. The van der Waals surface area contributed by atoms with Crippen molar-refractivity contribution in [2.24, 2.45) is 0 Å². The van der Waals surface area contributed by atoms with E-state index in [-0.39, 0.29) is 18.9 Å². The molecule has 0 radical (unpaired) electrons. The van der Waals surface area contributed by atoms with E-state index in [2.05, 4.69) is 0 Å². The zero-order valence-electron chi connectivity index (χ0n) is 9.27. The van der Waals surface area contributed by atoms with Crippen molar-refractivity contribution in [3.63, 3.8) is 0 Å². The molecular weight excluding hydrogens is 249 g/mol. The van der Waals surface area contributed by atoms with Gasteiger partial charge in [0.25, 0.3) is 0 Å². The summed E-state index contributed by atoms with van der Waals surface area (Å²) in [4.78, 5) is 0. The summed E-state index contributed by atoms with van der Waals surface area (Å²) < 4.78 is 22.8. The summed E-state index contributed by atoms with van der Waals surface area (Å²) in [6, 6.07) is 4.90. The molecule has 0 fully saturated rings. The van der Waals surface area contributed by atoms with E-state index < -0.39 is 7.60 Å². The van der Waals surface area contributed by atoms with Crippen molar-refractivity contribution >= 4 is 30.2 Å². The summed E-state index contributed by atoms with van der Waals surface area (Å²) >= 11 is 5.86. The van der Waals surface area contributed by atoms with E-state index in [1.54, 1.807) is 32.0 Å². The number of nitrogens with two attached hydrogens (primary N) is 1. The molecule has 6 heteroatoms. The van der Waals surface area contributed by atoms with Gasteiger partial charge in [0.1, 0.15) is 0 Å². The van der Waals surface area contributed by atoms with Crippen LogP contribution in [0.2, 0.25) is 5.02 Å². The van der Waals surface area contributed by atoms with E-state index in [0.717, 1.165) is 0 Å². The van der Waals surface area contributed by atoms with E-state index in [9.17, 15) is 4.57 Å². The van der Waals surface area contributed by atoms with Gasteiger partial charge in [-0.2, -0.15) is 0 Å². The Morgan fingerprint density at radius 3 is 2.38 bits per heavy atom. The van der Waals surface area contributed by atoms with Crippen molar-refractivity contribution in [2.75, 3.05) is 18.9 Å². The lowest BCUT2D eigenvalue weighted by molar-refractivity contribution is 0.230. The van der Waals surface area contributed by atoms with Crippen LogP contribution in [0.5, 0.6) is 0 Å². The van der Waals surface area contributed by atoms with E-state index in [0.29, 0.717) is 10.3 Å². The molecule has 0 saturated heterocycles. The van der Waals surface area contributed by atoms with Gasteiger partial charge in [0.2, 0.25) is 0 Å². The third-order valence-electron chi connectivity index (χ3n) is 1.92. The van der Waals surface area contributed by atoms with Crippen LogP contribution in [0.3, 0.4) is 0 Å². The third kappa shape index (κ3) is 2.77. The van der Waals surface area contributed by atoms with Crippen molar-refractivity contribution < 1.29 is 13.6 Å². The molecule has 0 aliphatic rings. The highest BCUT2D eigenvalue weighted by molar-refractivity contribution is 7.62. The van der Waals surface area contributed by atoms with Crippen LogP contribution in [0.4, 0.5) is 5.69 Å². The molecule has 2 N–H and O–H groups in total. The largest absolute Gasteiger partial charge is 0.397 e. The first-order chi connectivity index (χ1) is 7.55. The molecule has 1 rings (SSSR count). The van der Waals surface area contributed by atoms with Gasteiger partial charge in [0, 0.05) is 0 Å². The monoisotopic (exact) mass is 263 g/mol. The van der Waals surface area contributed by atoms with Gasteiger partial charge < -0.3 is 14.8 Å². The average Bonchev–Trinajstić information content (AvgIpc) is 2.22. The second-order valence-corrected chi connectivity index (χ2v) is 5.41. The number of anilines is 1. The highest BCUT2D eigenvalue weighted by Crippen LogP contribution is 2.49. The van der Waals surface area contributed by atoms with Crippen molar-refractivity contribution in [2.45, 2.75) is 13.8 Å². The number of nitrogen functional groups attached to an aromatic ring is 1. The first kappa shape index (κ1) is 13.5. The van der Waals surface area contributed by atoms with Gasteiger partial charge in [-0.15, -0.1) is 0 Å². The first-order valence-corrected chi connectivity index (χ1v) is 6.91. The highest BCUT2D eigenvalue weighted by atomic mass is 35.5. The molecule has 0 aliphatic heterocycles. The smallest absolute Gasteiger partial charge is 0.363 e. The molecule has 0 spiro atoms. The van der Waals surface area contributed by atoms with Gasteiger partial charge in [-0.05, 0) is 26.0 Å². The Bertz CT molecular complexity index is 401. The second kappa shape index (κ2) is 5.69. The van der Waals surface area contributed by atoms with Gasteiger partial charge in [0.05, 0.1) is 29.2 Å². The van der Waals surface area contributed by atoms with Gasteiger partial charge >= 0.3 is 7.60 Å². The molecule has 0 atom stereocenters. The summed E-state index contributed by atoms with van der Waals surface area (Å²) in [6.07, 6.45) is 0. The van der Waals surface area contributed by atoms with E-state index in [4.69, 9.17) is 26.4 Å². The molecule has 16 heavy (non-hydrogen) atoms. The fraction of sp³-hybridized carbons (Fsp3) is 0.400. The summed E-state index contributed by atoms with van der Waals surface area (Å²) in [5.41, 5.74) is 6.01. The van der Waals surface area contributed by atoms with Crippen LogP contribution in [0.1, 0.15) is 13.8 Å². The SMILES string of the molecule is CCOP(=O)(OCC)c1cccc(Cl)c1N. The average molecular weight is 264 g/mol. The summed E-state index contributed by atoms with van der Waals surface area (Å²) in [5.74, 6) is 0. The van der Waals surface area contributed by atoms with Crippen molar-refractivity contribution in [1.29, 1.82) is 0 Å². The molecule has 0 amide bonds. The lowest BCUT2D eigenvalue weighted by Gasteiger charge is -2.18. The van der Waals surface area contributed by atoms with Crippen LogP contribution in [0, 0.1) is 0 Å². The van der Waals surface area contributed by atoms with E-state index in [1.165, 1.54) is 0 Å². The molecule has 90 valence electrons. The van der Waals surface area contributed by atoms with Crippen LogP contribution in [-0.2, 0) is 13.6 Å². The van der Waals surface area contributed by atoms with Gasteiger partial charge in [-0.3, -0.25) is 4.57 Å². The molecule has 1 aromatic rings. The number of benzene rings is 1. The Kier molecular flexibility index (Phi) is 4.81. The minimum atomic E-state index is -3.35. The number of halogens is 1. The summed E-state index contributed by atoms with van der Waals surface area (Å²) in [6.45, 7) is 4.05. The first-order valence-electron chi connectivity index (χ1n) is 4.98. The third-order valence-corrected chi connectivity index (χ3v) is 4.43. The standard InChI is InChI=1S/C10H15ClNO3P/c1-3-14-16(13,15-4-2)9-7-5-6-8(11)10(9)12/h5-7H,3-4,12H2,1-2H3. The lowest BCUT2D eigenvalue weighted by atomic mass is 10.3. The number of rotatable bonds is 5. The molecule has 0 saturated carbocycles. The fourth-order valence-electron chi connectivity index (χ4n) is 1.28. The summed E-state index contributed by atoms with van der Waals surface area (Å²) in [5, 5.41) is 0.667. The van der Waals surface area contributed by atoms with Crippen LogP contribution >= 0.6 is 19.2 Å². The number of hydrogen-bond acceptors (Lipinski definition) is 4. The predicted molar refractivity (Wildman–Crippen MR) is 66.4 cm³/mol. The van der Waals surface area contributed by atoms with Crippen LogP contribution in [0.25, 0.3) is 0 Å². The summed E-state index contributed by atoms with van der Waals surface area (Å²) in [7, 11) is -3.35. The van der Waals surface area contributed by atoms with Gasteiger partial charge in [-0.1, -0.05) is 17.7 Å². The van der Waals surface area contributed by atoms with Crippen LogP contribution < -0.4 is 11.0 Å². The molecule has 0 unspecified atom stereocenters. The predicted octanol–water partition coefficient (Wildman–Crippen LogP) is 2.81. The molecule has 0 aliphatic carbocycles. The maximum absolute atomic E-state index is 12.4. The Morgan fingerprint density at radius 2 is 1.88 bits per heavy atom. The van der Waals surface area contributed by atoms with E-state index in [1.807, 2.05) is 0 Å². The van der Waals surface area contributed by atoms with Gasteiger partial charge in [0.15, 0.2) is 0 Å². The highest BCUT2D eigenvalue weighted by Gasteiger charge is 2.29. The van der Waals surface area contributed by atoms with Gasteiger partial charge in [-0.25, -0.2) is 0 Å².